The van der Waals surface area contributed by atoms with E-state index in [4.69, 9.17) is 6.42 Å². The molecule has 1 amide bonds. The topological polar surface area (TPSA) is 42.0 Å². The Labute approximate surface area is 81.4 Å². The SMILES string of the molecule is C#CCCC(=O)Nc1ccc(F)nc1. The molecule has 0 fully saturated rings. The van der Waals surface area contributed by atoms with Gasteiger partial charge in [0.05, 0.1) is 11.9 Å². The summed E-state index contributed by atoms with van der Waals surface area (Å²) in [5.74, 6) is 1.58. The molecular formula is C10H9FN2O. The number of amides is 1. The van der Waals surface area contributed by atoms with Crippen LogP contribution in [0.4, 0.5) is 10.1 Å². The van der Waals surface area contributed by atoms with Crippen LogP contribution in [0.2, 0.25) is 0 Å². The second kappa shape index (κ2) is 4.97. The zero-order chi connectivity index (χ0) is 10.4. The lowest BCUT2D eigenvalue weighted by Gasteiger charge is -2.02. The van der Waals surface area contributed by atoms with Crippen LogP contribution >= 0.6 is 0 Å². The lowest BCUT2D eigenvalue weighted by molar-refractivity contribution is -0.116. The fourth-order valence-corrected chi connectivity index (χ4v) is 0.859. The standard InChI is InChI=1S/C10H9FN2O/c1-2-3-4-10(14)13-8-5-6-9(11)12-7-8/h1,5-7H,3-4H2,(H,13,14). The number of carbonyl (C=O) groups is 1. The van der Waals surface area contributed by atoms with Crippen molar-refractivity contribution < 1.29 is 9.18 Å². The minimum Gasteiger partial charge on any atom is -0.325 e. The van der Waals surface area contributed by atoms with Crippen molar-refractivity contribution >= 4 is 11.6 Å². The Balaban J connectivity index is 2.49. The molecule has 0 aliphatic carbocycles. The highest BCUT2D eigenvalue weighted by molar-refractivity contribution is 5.90. The Bertz CT molecular complexity index is 353. The highest BCUT2D eigenvalue weighted by atomic mass is 19.1. The van der Waals surface area contributed by atoms with Gasteiger partial charge in [-0.2, -0.15) is 4.39 Å². The van der Waals surface area contributed by atoms with E-state index >= 15 is 0 Å². The number of pyridine rings is 1. The molecule has 0 aromatic carbocycles. The summed E-state index contributed by atoms with van der Waals surface area (Å²) < 4.78 is 12.4. The van der Waals surface area contributed by atoms with E-state index in [1.54, 1.807) is 0 Å². The molecule has 1 rings (SSSR count). The van der Waals surface area contributed by atoms with Gasteiger partial charge >= 0.3 is 0 Å². The Morgan fingerprint density at radius 3 is 3.00 bits per heavy atom. The van der Waals surface area contributed by atoms with E-state index in [2.05, 4.69) is 16.2 Å². The van der Waals surface area contributed by atoms with Crippen molar-refractivity contribution in [1.29, 1.82) is 0 Å². The van der Waals surface area contributed by atoms with E-state index in [1.807, 2.05) is 0 Å². The first-order chi connectivity index (χ1) is 6.72. The molecule has 3 nitrogen and oxygen atoms in total. The summed E-state index contributed by atoms with van der Waals surface area (Å²) in [6, 6.07) is 2.62. The van der Waals surface area contributed by atoms with Gasteiger partial charge in [-0.15, -0.1) is 12.3 Å². The van der Waals surface area contributed by atoms with Gasteiger partial charge in [-0.25, -0.2) is 4.98 Å². The van der Waals surface area contributed by atoms with Crippen LogP contribution in [0.3, 0.4) is 0 Å². The number of carbonyl (C=O) groups excluding carboxylic acids is 1. The minimum atomic E-state index is -0.577. The molecule has 0 atom stereocenters. The highest BCUT2D eigenvalue weighted by Crippen LogP contribution is 2.05. The number of hydrogen-bond acceptors (Lipinski definition) is 2. The van der Waals surface area contributed by atoms with E-state index in [0.717, 1.165) is 0 Å². The van der Waals surface area contributed by atoms with Gasteiger partial charge in [-0.05, 0) is 12.1 Å². The summed E-state index contributed by atoms with van der Waals surface area (Å²) in [4.78, 5) is 14.5. The van der Waals surface area contributed by atoms with Gasteiger partial charge in [0.2, 0.25) is 11.9 Å². The van der Waals surface area contributed by atoms with E-state index in [-0.39, 0.29) is 12.3 Å². The molecule has 1 heterocycles. The molecule has 0 radical (unpaired) electrons. The van der Waals surface area contributed by atoms with Gasteiger partial charge < -0.3 is 5.32 Å². The average molecular weight is 192 g/mol. The van der Waals surface area contributed by atoms with Crippen molar-refractivity contribution in [2.45, 2.75) is 12.8 Å². The Morgan fingerprint density at radius 1 is 1.64 bits per heavy atom. The third-order valence-electron chi connectivity index (χ3n) is 1.51. The van der Waals surface area contributed by atoms with Crippen molar-refractivity contribution in [1.82, 2.24) is 4.98 Å². The number of anilines is 1. The number of rotatable bonds is 3. The molecule has 72 valence electrons. The number of halogens is 1. The zero-order valence-corrected chi connectivity index (χ0v) is 7.46. The van der Waals surface area contributed by atoms with Crippen molar-refractivity contribution in [3.63, 3.8) is 0 Å². The average Bonchev–Trinajstić information content (AvgIpc) is 2.18. The van der Waals surface area contributed by atoms with Gasteiger partial charge in [0.25, 0.3) is 0 Å². The molecule has 14 heavy (non-hydrogen) atoms. The monoisotopic (exact) mass is 192 g/mol. The quantitative estimate of drug-likeness (QED) is 0.583. The third kappa shape index (κ3) is 3.23. The summed E-state index contributed by atoms with van der Waals surface area (Å²) in [6.07, 6.45) is 6.90. The van der Waals surface area contributed by atoms with Gasteiger partial charge in [0.1, 0.15) is 0 Å². The van der Waals surface area contributed by atoms with Crippen LogP contribution in [0, 0.1) is 18.3 Å². The van der Waals surface area contributed by atoms with Crippen molar-refractivity contribution in [3.8, 4) is 12.3 Å². The highest BCUT2D eigenvalue weighted by Gasteiger charge is 2.01. The number of aromatic nitrogens is 1. The van der Waals surface area contributed by atoms with Crippen LogP contribution in [0.25, 0.3) is 0 Å². The van der Waals surface area contributed by atoms with Gasteiger partial charge in [0.15, 0.2) is 0 Å². The van der Waals surface area contributed by atoms with Gasteiger partial charge in [0, 0.05) is 12.8 Å². The van der Waals surface area contributed by atoms with E-state index in [0.29, 0.717) is 12.1 Å². The lowest BCUT2D eigenvalue weighted by atomic mass is 10.3. The number of terminal acetylenes is 1. The number of hydrogen-bond donors (Lipinski definition) is 1. The Morgan fingerprint density at radius 2 is 2.43 bits per heavy atom. The Kier molecular flexibility index (Phi) is 3.62. The molecule has 1 N–H and O–H groups in total. The predicted molar refractivity (Wildman–Crippen MR) is 50.9 cm³/mol. The molecule has 0 aliphatic heterocycles. The molecule has 1 aromatic rings. The van der Waals surface area contributed by atoms with E-state index in [9.17, 15) is 9.18 Å². The molecule has 1 aromatic heterocycles. The summed E-state index contributed by atoms with van der Waals surface area (Å²) in [5.41, 5.74) is 0.466. The Hall–Kier alpha value is -1.89. The van der Waals surface area contributed by atoms with Crippen LogP contribution in [0.5, 0.6) is 0 Å². The lowest BCUT2D eigenvalue weighted by Crippen LogP contribution is -2.10. The van der Waals surface area contributed by atoms with Crippen LogP contribution in [-0.4, -0.2) is 10.9 Å². The molecule has 0 saturated heterocycles. The molecule has 0 bridgehead atoms. The third-order valence-corrected chi connectivity index (χ3v) is 1.51. The van der Waals surface area contributed by atoms with Crippen LogP contribution < -0.4 is 5.32 Å². The fraction of sp³-hybridized carbons (Fsp3) is 0.200. The van der Waals surface area contributed by atoms with Crippen LogP contribution in [-0.2, 0) is 4.79 Å². The van der Waals surface area contributed by atoms with Gasteiger partial charge in [-0.1, -0.05) is 0 Å². The number of nitrogens with one attached hydrogen (secondary N) is 1. The largest absolute Gasteiger partial charge is 0.325 e. The predicted octanol–water partition coefficient (Wildman–Crippen LogP) is 1.57. The smallest absolute Gasteiger partial charge is 0.225 e. The fourth-order valence-electron chi connectivity index (χ4n) is 0.859. The minimum absolute atomic E-state index is 0.198. The first-order valence-corrected chi connectivity index (χ1v) is 4.07. The summed E-state index contributed by atoms with van der Waals surface area (Å²) in [7, 11) is 0. The summed E-state index contributed by atoms with van der Waals surface area (Å²) in [5, 5.41) is 2.54. The second-order valence-electron chi connectivity index (χ2n) is 2.62. The van der Waals surface area contributed by atoms with Crippen molar-refractivity contribution in [3.05, 3.63) is 24.3 Å². The van der Waals surface area contributed by atoms with Crippen LogP contribution in [0.15, 0.2) is 18.3 Å². The maximum Gasteiger partial charge on any atom is 0.225 e. The van der Waals surface area contributed by atoms with E-state index in [1.165, 1.54) is 18.3 Å². The van der Waals surface area contributed by atoms with E-state index < -0.39 is 5.95 Å². The van der Waals surface area contributed by atoms with Crippen molar-refractivity contribution in [2.75, 3.05) is 5.32 Å². The summed E-state index contributed by atoms with van der Waals surface area (Å²) in [6.45, 7) is 0. The number of nitrogens with zero attached hydrogens (tertiary/aromatic N) is 1. The maximum atomic E-state index is 12.4. The normalized spacial score (nSPS) is 9.14. The zero-order valence-electron chi connectivity index (χ0n) is 7.46. The molecule has 4 heteroatoms. The molecular weight excluding hydrogens is 183 g/mol. The van der Waals surface area contributed by atoms with Gasteiger partial charge in [-0.3, -0.25) is 4.79 Å². The first kappa shape index (κ1) is 10.2. The first-order valence-electron chi connectivity index (χ1n) is 4.07. The molecule has 0 saturated carbocycles. The van der Waals surface area contributed by atoms with Crippen molar-refractivity contribution in [2.24, 2.45) is 0 Å². The van der Waals surface area contributed by atoms with Crippen LogP contribution in [0.1, 0.15) is 12.8 Å². The maximum absolute atomic E-state index is 12.4. The molecule has 0 unspecified atom stereocenters. The second-order valence-corrected chi connectivity index (χ2v) is 2.62. The summed E-state index contributed by atoms with van der Waals surface area (Å²) >= 11 is 0. The molecule has 0 aliphatic rings. The molecule has 0 spiro atoms.